The Bertz CT molecular complexity index is 1010. The van der Waals surface area contributed by atoms with E-state index < -0.39 is 0 Å². The maximum atomic E-state index is 13.3. The fraction of sp³-hybridized carbons (Fsp3) is 0.360. The van der Waals surface area contributed by atoms with Gasteiger partial charge in [-0.15, -0.1) is 0 Å². The fourth-order valence-corrected chi connectivity index (χ4v) is 3.36. The van der Waals surface area contributed by atoms with Crippen LogP contribution in [0.25, 0.3) is 0 Å². The molecule has 31 heavy (non-hydrogen) atoms. The lowest BCUT2D eigenvalue weighted by Crippen LogP contribution is -2.32. The van der Waals surface area contributed by atoms with E-state index in [1.807, 2.05) is 13.8 Å². The molecule has 0 bridgehead atoms. The van der Waals surface area contributed by atoms with Gasteiger partial charge in [0, 0.05) is 19.1 Å². The topological polar surface area (TPSA) is 58.4 Å². The van der Waals surface area contributed by atoms with Crippen LogP contribution in [0, 0.1) is 19.7 Å². The molecule has 0 aliphatic heterocycles. The van der Waals surface area contributed by atoms with Crippen LogP contribution in [0.3, 0.4) is 0 Å². The molecule has 0 saturated heterocycles. The third-order valence-corrected chi connectivity index (χ3v) is 5.34. The lowest BCUT2D eigenvalue weighted by atomic mass is 10.0. The second-order valence-corrected chi connectivity index (χ2v) is 8.11. The number of halogens is 1. The molecule has 0 saturated carbocycles. The summed E-state index contributed by atoms with van der Waals surface area (Å²) in [6, 6.07) is 13.0. The van der Waals surface area contributed by atoms with Gasteiger partial charge in [0.25, 0.3) is 5.91 Å². The van der Waals surface area contributed by atoms with Gasteiger partial charge in [0.15, 0.2) is 5.69 Å². The van der Waals surface area contributed by atoms with Crippen molar-refractivity contribution in [2.24, 2.45) is 0 Å². The highest BCUT2D eigenvalue weighted by molar-refractivity contribution is 5.92. The standard InChI is InChI=1S/C25H30FN3O2/c1-5-19(4)27-25(30)23-16-31-24(28-23)15-29(13-20-7-10-22(26)11-8-20)14-21-9-6-17(2)12-18(21)3/h6-12,16,19H,5,13-15H2,1-4H3,(H,27,30)/t19-/m0/s1. The van der Waals surface area contributed by atoms with E-state index in [1.54, 1.807) is 12.1 Å². The Hall–Kier alpha value is -2.99. The summed E-state index contributed by atoms with van der Waals surface area (Å²) in [7, 11) is 0. The van der Waals surface area contributed by atoms with Crippen molar-refractivity contribution in [1.29, 1.82) is 0 Å². The third-order valence-electron chi connectivity index (χ3n) is 5.34. The summed E-state index contributed by atoms with van der Waals surface area (Å²) in [6.07, 6.45) is 2.25. The molecule has 1 heterocycles. The fourth-order valence-electron chi connectivity index (χ4n) is 3.36. The summed E-state index contributed by atoms with van der Waals surface area (Å²) in [4.78, 5) is 18.9. The molecule has 3 rings (SSSR count). The van der Waals surface area contributed by atoms with Gasteiger partial charge >= 0.3 is 0 Å². The molecule has 0 radical (unpaired) electrons. The lowest BCUT2D eigenvalue weighted by Gasteiger charge is -2.22. The molecule has 3 aromatic rings. The van der Waals surface area contributed by atoms with Gasteiger partial charge in [0.2, 0.25) is 5.89 Å². The summed E-state index contributed by atoms with van der Waals surface area (Å²) in [5.74, 6) is -0.0145. The Kier molecular flexibility index (Phi) is 7.58. The van der Waals surface area contributed by atoms with E-state index in [-0.39, 0.29) is 23.5 Å². The van der Waals surface area contributed by atoms with Crippen LogP contribution < -0.4 is 5.32 Å². The van der Waals surface area contributed by atoms with E-state index in [2.05, 4.69) is 47.2 Å². The van der Waals surface area contributed by atoms with Gasteiger partial charge in [-0.05, 0) is 56.0 Å². The van der Waals surface area contributed by atoms with Gasteiger partial charge in [-0.25, -0.2) is 9.37 Å². The SMILES string of the molecule is CC[C@H](C)NC(=O)c1coc(CN(Cc2ccc(F)cc2)Cc2ccc(C)cc2C)n1. The Labute approximate surface area is 183 Å². The minimum absolute atomic E-state index is 0.0761. The first-order chi connectivity index (χ1) is 14.8. The number of amides is 1. The van der Waals surface area contributed by atoms with Crippen LogP contribution in [-0.4, -0.2) is 21.8 Å². The number of rotatable bonds is 9. The predicted molar refractivity (Wildman–Crippen MR) is 119 cm³/mol. The predicted octanol–water partition coefficient (Wildman–Crippen LogP) is 5.16. The molecule has 0 aliphatic rings. The number of carbonyl (C=O) groups excluding carboxylic acids is 1. The number of benzene rings is 2. The first-order valence-electron chi connectivity index (χ1n) is 10.6. The Morgan fingerprint density at radius 3 is 2.55 bits per heavy atom. The van der Waals surface area contributed by atoms with Crippen LogP contribution >= 0.6 is 0 Å². The minimum Gasteiger partial charge on any atom is -0.447 e. The zero-order valence-electron chi connectivity index (χ0n) is 18.6. The van der Waals surface area contributed by atoms with Crippen LogP contribution in [0.2, 0.25) is 0 Å². The molecule has 0 spiro atoms. The Balaban J connectivity index is 1.77. The number of nitrogens with zero attached hydrogens (tertiary/aromatic N) is 2. The van der Waals surface area contributed by atoms with Crippen molar-refractivity contribution in [3.05, 3.63) is 88.4 Å². The first kappa shape index (κ1) is 22.7. The van der Waals surface area contributed by atoms with Crippen molar-refractivity contribution in [2.45, 2.75) is 59.8 Å². The molecule has 0 unspecified atom stereocenters. The van der Waals surface area contributed by atoms with Crippen LogP contribution in [-0.2, 0) is 19.6 Å². The monoisotopic (exact) mass is 423 g/mol. The third kappa shape index (κ3) is 6.49. The van der Waals surface area contributed by atoms with E-state index in [0.29, 0.717) is 25.5 Å². The van der Waals surface area contributed by atoms with Crippen LogP contribution in [0.15, 0.2) is 53.1 Å². The van der Waals surface area contributed by atoms with E-state index in [0.717, 1.165) is 12.0 Å². The molecule has 2 aromatic carbocycles. The van der Waals surface area contributed by atoms with E-state index in [4.69, 9.17) is 4.42 Å². The molecule has 5 nitrogen and oxygen atoms in total. The molecular weight excluding hydrogens is 393 g/mol. The molecular formula is C25H30FN3O2. The second-order valence-electron chi connectivity index (χ2n) is 8.11. The van der Waals surface area contributed by atoms with E-state index in [1.165, 1.54) is 35.1 Å². The number of hydrogen-bond donors (Lipinski definition) is 1. The zero-order valence-corrected chi connectivity index (χ0v) is 18.6. The second kappa shape index (κ2) is 10.4. The highest BCUT2D eigenvalue weighted by Gasteiger charge is 2.17. The Morgan fingerprint density at radius 2 is 1.87 bits per heavy atom. The van der Waals surface area contributed by atoms with Gasteiger partial charge < -0.3 is 9.73 Å². The van der Waals surface area contributed by atoms with Gasteiger partial charge in [-0.2, -0.15) is 0 Å². The smallest absolute Gasteiger partial charge is 0.273 e. The van der Waals surface area contributed by atoms with Gasteiger partial charge in [-0.1, -0.05) is 42.8 Å². The Morgan fingerprint density at radius 1 is 1.13 bits per heavy atom. The maximum absolute atomic E-state index is 13.3. The van der Waals surface area contributed by atoms with Crippen molar-refractivity contribution in [3.63, 3.8) is 0 Å². The summed E-state index contributed by atoms with van der Waals surface area (Å²) >= 11 is 0. The molecule has 6 heteroatoms. The summed E-state index contributed by atoms with van der Waals surface area (Å²) in [5, 5.41) is 2.90. The average Bonchev–Trinajstić information content (AvgIpc) is 3.20. The number of nitrogens with one attached hydrogen (secondary N) is 1. The van der Waals surface area contributed by atoms with Crippen LogP contribution in [0.5, 0.6) is 0 Å². The van der Waals surface area contributed by atoms with Crippen molar-refractivity contribution in [2.75, 3.05) is 0 Å². The molecule has 1 atom stereocenters. The molecule has 1 aromatic heterocycles. The van der Waals surface area contributed by atoms with E-state index in [9.17, 15) is 9.18 Å². The number of carbonyl (C=O) groups is 1. The van der Waals surface area contributed by atoms with Gasteiger partial charge in [-0.3, -0.25) is 9.69 Å². The average molecular weight is 424 g/mol. The largest absolute Gasteiger partial charge is 0.447 e. The van der Waals surface area contributed by atoms with Crippen molar-refractivity contribution < 1.29 is 13.6 Å². The molecule has 1 N–H and O–H groups in total. The first-order valence-corrected chi connectivity index (χ1v) is 10.6. The number of aromatic nitrogens is 1. The lowest BCUT2D eigenvalue weighted by molar-refractivity contribution is 0.0934. The number of hydrogen-bond acceptors (Lipinski definition) is 4. The molecule has 164 valence electrons. The number of oxazole rings is 1. The van der Waals surface area contributed by atoms with E-state index >= 15 is 0 Å². The molecule has 1 amide bonds. The summed E-state index contributed by atoms with van der Waals surface area (Å²) in [6.45, 7) is 9.85. The van der Waals surface area contributed by atoms with Crippen molar-refractivity contribution in [1.82, 2.24) is 15.2 Å². The highest BCUT2D eigenvalue weighted by atomic mass is 19.1. The van der Waals surface area contributed by atoms with Crippen molar-refractivity contribution >= 4 is 5.91 Å². The summed E-state index contributed by atoms with van der Waals surface area (Å²) in [5.41, 5.74) is 4.91. The number of aryl methyl sites for hydroxylation is 2. The quantitative estimate of drug-likeness (QED) is 0.516. The highest BCUT2D eigenvalue weighted by Crippen LogP contribution is 2.18. The van der Waals surface area contributed by atoms with Crippen molar-refractivity contribution in [3.8, 4) is 0 Å². The normalized spacial score (nSPS) is 12.2. The molecule has 0 aliphatic carbocycles. The zero-order chi connectivity index (χ0) is 22.4. The van der Waals surface area contributed by atoms with Gasteiger partial charge in [0.05, 0.1) is 6.54 Å². The maximum Gasteiger partial charge on any atom is 0.273 e. The van der Waals surface area contributed by atoms with Crippen LogP contribution in [0.4, 0.5) is 4.39 Å². The van der Waals surface area contributed by atoms with Gasteiger partial charge in [0.1, 0.15) is 12.1 Å². The minimum atomic E-state index is -0.255. The van der Waals surface area contributed by atoms with Crippen LogP contribution in [0.1, 0.15) is 58.9 Å². The molecule has 0 fully saturated rings. The summed E-state index contributed by atoms with van der Waals surface area (Å²) < 4.78 is 18.9.